The minimum atomic E-state index is -0.313. The Morgan fingerprint density at radius 1 is 1.09 bits per heavy atom. The van der Waals surface area contributed by atoms with Crippen LogP contribution in [0.1, 0.15) is 29.6 Å². The first kappa shape index (κ1) is 16.1. The van der Waals surface area contributed by atoms with Gasteiger partial charge in [-0.05, 0) is 31.4 Å². The van der Waals surface area contributed by atoms with E-state index in [0.29, 0.717) is 36.8 Å². The smallest absolute Gasteiger partial charge is 0.254 e. The van der Waals surface area contributed by atoms with Gasteiger partial charge in [-0.25, -0.2) is 0 Å². The number of rotatable bonds is 4. The van der Waals surface area contributed by atoms with E-state index >= 15 is 0 Å². The van der Waals surface area contributed by atoms with Crippen LogP contribution in [0.2, 0.25) is 0 Å². The number of hydrogen-bond donors (Lipinski definition) is 0. The Morgan fingerprint density at radius 3 is 2.35 bits per heavy atom. The Labute approximate surface area is 136 Å². The number of ether oxygens (including phenoxy) is 4. The third kappa shape index (κ3) is 3.43. The number of methoxy groups -OCH3 is 2. The van der Waals surface area contributed by atoms with E-state index in [1.54, 1.807) is 32.4 Å². The lowest BCUT2D eigenvalue weighted by Gasteiger charge is -2.38. The van der Waals surface area contributed by atoms with E-state index in [2.05, 4.69) is 0 Å². The minimum Gasteiger partial charge on any atom is -0.497 e. The lowest BCUT2D eigenvalue weighted by molar-refractivity contribution is -0.100. The molecule has 0 aliphatic carbocycles. The number of hydrogen-bond acceptors (Lipinski definition) is 5. The lowest BCUT2D eigenvalue weighted by Crippen LogP contribution is -2.50. The summed E-state index contributed by atoms with van der Waals surface area (Å²) in [4.78, 5) is 14.9. The zero-order chi connectivity index (χ0) is 16.2. The van der Waals surface area contributed by atoms with Crippen molar-refractivity contribution in [3.63, 3.8) is 0 Å². The standard InChI is InChI=1S/C17H23NO5/c1-20-13-9-12(10-14(11-13)21-2)16(19)18-6-4-3-5-15(18)17-22-7-8-23-17/h9-11,15,17H,3-8H2,1-2H3/t15-/m0/s1. The Hall–Kier alpha value is -1.79. The van der Waals surface area contributed by atoms with Crippen molar-refractivity contribution in [2.45, 2.75) is 31.6 Å². The van der Waals surface area contributed by atoms with Gasteiger partial charge in [0.1, 0.15) is 11.5 Å². The van der Waals surface area contributed by atoms with Crippen molar-refractivity contribution in [1.82, 2.24) is 4.90 Å². The highest BCUT2D eigenvalue weighted by atomic mass is 16.7. The number of benzene rings is 1. The quantitative estimate of drug-likeness (QED) is 0.850. The Bertz CT molecular complexity index is 534. The van der Waals surface area contributed by atoms with Gasteiger partial charge in [0.25, 0.3) is 5.91 Å². The Balaban J connectivity index is 1.84. The van der Waals surface area contributed by atoms with Crippen LogP contribution in [0.3, 0.4) is 0 Å². The van der Waals surface area contributed by atoms with Crippen LogP contribution in [0.4, 0.5) is 0 Å². The van der Waals surface area contributed by atoms with E-state index in [-0.39, 0.29) is 18.2 Å². The summed E-state index contributed by atoms with van der Waals surface area (Å²) in [6.07, 6.45) is 2.67. The summed E-state index contributed by atoms with van der Waals surface area (Å²) < 4.78 is 21.8. The average Bonchev–Trinajstić information content (AvgIpc) is 3.15. The fourth-order valence-corrected chi connectivity index (χ4v) is 3.19. The van der Waals surface area contributed by atoms with E-state index in [4.69, 9.17) is 18.9 Å². The Morgan fingerprint density at radius 2 is 1.74 bits per heavy atom. The summed E-state index contributed by atoms with van der Waals surface area (Å²) in [5.74, 6) is 1.18. The van der Waals surface area contributed by atoms with E-state index < -0.39 is 0 Å². The number of piperidine rings is 1. The fraction of sp³-hybridized carbons (Fsp3) is 0.588. The molecular formula is C17H23NO5. The van der Waals surface area contributed by atoms with Crippen LogP contribution in [0.5, 0.6) is 11.5 Å². The molecule has 23 heavy (non-hydrogen) atoms. The van der Waals surface area contributed by atoms with Gasteiger partial charge in [0.2, 0.25) is 0 Å². The number of carbonyl (C=O) groups excluding carboxylic acids is 1. The van der Waals surface area contributed by atoms with E-state index in [1.807, 2.05) is 4.90 Å². The van der Waals surface area contributed by atoms with Crippen LogP contribution in [0.25, 0.3) is 0 Å². The first-order chi connectivity index (χ1) is 11.2. The van der Waals surface area contributed by atoms with Crippen molar-refractivity contribution in [2.75, 3.05) is 34.0 Å². The summed E-state index contributed by atoms with van der Waals surface area (Å²) in [5, 5.41) is 0. The molecule has 6 nitrogen and oxygen atoms in total. The normalized spacial score (nSPS) is 22.2. The number of amides is 1. The van der Waals surface area contributed by atoms with Crippen LogP contribution >= 0.6 is 0 Å². The zero-order valence-electron chi connectivity index (χ0n) is 13.6. The van der Waals surface area contributed by atoms with Gasteiger partial charge in [0, 0.05) is 18.2 Å². The summed E-state index contributed by atoms with van der Waals surface area (Å²) in [7, 11) is 3.15. The molecule has 1 amide bonds. The van der Waals surface area contributed by atoms with E-state index in [9.17, 15) is 4.79 Å². The predicted molar refractivity (Wildman–Crippen MR) is 83.9 cm³/mol. The average molecular weight is 321 g/mol. The molecule has 0 spiro atoms. The number of likely N-dealkylation sites (tertiary alicyclic amines) is 1. The molecule has 126 valence electrons. The molecule has 2 aliphatic heterocycles. The third-order valence-electron chi connectivity index (χ3n) is 4.37. The number of carbonyl (C=O) groups is 1. The van der Waals surface area contributed by atoms with Gasteiger partial charge in [0.15, 0.2) is 6.29 Å². The molecule has 0 aromatic heterocycles. The maximum Gasteiger partial charge on any atom is 0.254 e. The van der Waals surface area contributed by atoms with Crippen molar-refractivity contribution in [3.05, 3.63) is 23.8 Å². The molecule has 1 aromatic rings. The highest BCUT2D eigenvalue weighted by molar-refractivity contribution is 5.95. The van der Waals surface area contributed by atoms with Crippen LogP contribution in [0.15, 0.2) is 18.2 Å². The Kier molecular flexibility index (Phi) is 5.03. The predicted octanol–water partition coefficient (Wildman–Crippen LogP) is 2.07. The van der Waals surface area contributed by atoms with E-state index in [1.165, 1.54) is 0 Å². The van der Waals surface area contributed by atoms with Crippen molar-refractivity contribution in [1.29, 1.82) is 0 Å². The molecule has 0 bridgehead atoms. The third-order valence-corrected chi connectivity index (χ3v) is 4.37. The topological polar surface area (TPSA) is 57.2 Å². The molecule has 0 saturated carbocycles. The van der Waals surface area contributed by atoms with Crippen LogP contribution in [0, 0.1) is 0 Å². The first-order valence-corrected chi connectivity index (χ1v) is 8.00. The van der Waals surface area contributed by atoms with Gasteiger partial charge >= 0.3 is 0 Å². The number of nitrogens with zero attached hydrogens (tertiary/aromatic N) is 1. The molecule has 0 unspecified atom stereocenters. The molecule has 1 atom stereocenters. The van der Waals surface area contributed by atoms with Gasteiger partial charge < -0.3 is 23.8 Å². The van der Waals surface area contributed by atoms with Crippen LogP contribution in [-0.4, -0.2) is 57.1 Å². The molecule has 1 aromatic carbocycles. The highest BCUT2D eigenvalue weighted by Gasteiger charge is 2.36. The molecule has 6 heteroatoms. The van der Waals surface area contributed by atoms with Gasteiger partial charge in [-0.3, -0.25) is 4.79 Å². The van der Waals surface area contributed by atoms with Crippen LogP contribution < -0.4 is 9.47 Å². The lowest BCUT2D eigenvalue weighted by atomic mass is 10.00. The summed E-state index contributed by atoms with van der Waals surface area (Å²) in [6.45, 7) is 1.90. The molecule has 3 rings (SSSR count). The van der Waals surface area contributed by atoms with Crippen molar-refractivity contribution < 1.29 is 23.7 Å². The molecular weight excluding hydrogens is 298 g/mol. The second-order valence-corrected chi connectivity index (χ2v) is 5.77. The van der Waals surface area contributed by atoms with Gasteiger partial charge in [0.05, 0.1) is 33.5 Å². The first-order valence-electron chi connectivity index (χ1n) is 8.00. The fourth-order valence-electron chi connectivity index (χ4n) is 3.19. The van der Waals surface area contributed by atoms with Crippen LogP contribution in [-0.2, 0) is 9.47 Å². The van der Waals surface area contributed by atoms with Gasteiger partial charge in [-0.2, -0.15) is 0 Å². The van der Waals surface area contributed by atoms with Gasteiger partial charge in [-0.1, -0.05) is 0 Å². The minimum absolute atomic E-state index is 0.0315. The summed E-state index contributed by atoms with van der Waals surface area (Å²) in [5.41, 5.74) is 0.561. The molecule has 0 N–H and O–H groups in total. The van der Waals surface area contributed by atoms with Crippen molar-refractivity contribution >= 4 is 5.91 Å². The molecule has 2 heterocycles. The van der Waals surface area contributed by atoms with Crippen molar-refractivity contribution in [3.8, 4) is 11.5 Å². The molecule has 2 fully saturated rings. The second-order valence-electron chi connectivity index (χ2n) is 5.77. The monoisotopic (exact) mass is 321 g/mol. The second kappa shape index (κ2) is 7.19. The van der Waals surface area contributed by atoms with Gasteiger partial charge in [-0.15, -0.1) is 0 Å². The SMILES string of the molecule is COc1cc(OC)cc(C(=O)N2CCCC[C@H]2C2OCCO2)c1. The maximum atomic E-state index is 13.0. The highest BCUT2D eigenvalue weighted by Crippen LogP contribution is 2.28. The summed E-state index contributed by atoms with van der Waals surface area (Å²) >= 11 is 0. The van der Waals surface area contributed by atoms with E-state index in [0.717, 1.165) is 19.3 Å². The zero-order valence-corrected chi connectivity index (χ0v) is 13.6. The maximum absolute atomic E-state index is 13.0. The molecule has 2 saturated heterocycles. The molecule has 2 aliphatic rings. The summed E-state index contributed by atoms with van der Waals surface area (Å²) in [6, 6.07) is 5.21. The molecule has 0 radical (unpaired) electrons. The largest absolute Gasteiger partial charge is 0.497 e. The van der Waals surface area contributed by atoms with Crippen molar-refractivity contribution in [2.24, 2.45) is 0 Å².